The van der Waals surface area contributed by atoms with Crippen molar-refractivity contribution in [3.05, 3.63) is 35.9 Å². The van der Waals surface area contributed by atoms with E-state index in [4.69, 9.17) is 24.7 Å². The first-order valence-corrected chi connectivity index (χ1v) is 6.67. The van der Waals surface area contributed by atoms with Crippen LogP contribution in [0.15, 0.2) is 30.3 Å². The molecule has 0 radical (unpaired) electrons. The third-order valence-corrected chi connectivity index (χ3v) is 2.97. The molecule has 0 saturated heterocycles. The van der Waals surface area contributed by atoms with Crippen LogP contribution in [-0.2, 0) is 6.61 Å². The van der Waals surface area contributed by atoms with E-state index in [-0.39, 0.29) is 6.79 Å². The number of pyridine rings is 1. The summed E-state index contributed by atoms with van der Waals surface area (Å²) in [6.07, 6.45) is 0. The minimum Gasteiger partial charge on any atom is -0.476 e. The van der Waals surface area contributed by atoms with Crippen LogP contribution in [0.1, 0.15) is 12.5 Å². The van der Waals surface area contributed by atoms with Crippen molar-refractivity contribution in [2.45, 2.75) is 13.5 Å². The lowest BCUT2D eigenvalue weighted by Crippen LogP contribution is -2.02. The number of hydrogen-bond acceptors (Lipinski definition) is 6. The molecule has 0 unspecified atom stereocenters. The van der Waals surface area contributed by atoms with E-state index in [0.717, 1.165) is 17.1 Å². The van der Waals surface area contributed by atoms with Crippen molar-refractivity contribution in [1.82, 2.24) is 4.98 Å². The Morgan fingerprint density at radius 2 is 2.00 bits per heavy atom. The van der Waals surface area contributed by atoms with Crippen molar-refractivity contribution >= 4 is 5.69 Å². The number of aromatic nitrogens is 1. The molecule has 110 valence electrons. The number of nitrogens with two attached hydrogens (primary N) is 1. The van der Waals surface area contributed by atoms with Crippen molar-refractivity contribution < 1.29 is 18.9 Å². The number of hydrogen-bond donors (Lipinski definition) is 1. The molecule has 0 amide bonds. The van der Waals surface area contributed by atoms with Gasteiger partial charge in [-0.25, -0.2) is 0 Å². The number of benzene rings is 1. The highest BCUT2D eigenvalue weighted by Crippen LogP contribution is 2.32. The molecule has 1 aromatic carbocycles. The quantitative estimate of drug-likeness (QED) is 0.910. The molecule has 6 nitrogen and oxygen atoms in total. The average molecular weight is 288 g/mol. The number of nitrogens with zero attached hydrogens (tertiary/aromatic N) is 1. The molecule has 0 aliphatic carbocycles. The fraction of sp³-hybridized carbons (Fsp3) is 0.267. The molecule has 0 spiro atoms. The molecule has 0 fully saturated rings. The van der Waals surface area contributed by atoms with E-state index in [1.165, 1.54) is 0 Å². The topological polar surface area (TPSA) is 75.8 Å². The lowest BCUT2D eigenvalue weighted by molar-refractivity contribution is 0.174. The molecule has 1 aliphatic rings. The van der Waals surface area contributed by atoms with E-state index in [2.05, 4.69) is 4.98 Å². The number of fused-ring (bicyclic) bond motifs is 1. The van der Waals surface area contributed by atoms with Crippen molar-refractivity contribution in [3.63, 3.8) is 0 Å². The third kappa shape index (κ3) is 2.94. The van der Waals surface area contributed by atoms with Crippen molar-refractivity contribution in [2.24, 2.45) is 0 Å². The van der Waals surface area contributed by atoms with Crippen molar-refractivity contribution in [2.75, 3.05) is 19.1 Å². The first-order chi connectivity index (χ1) is 10.3. The number of ether oxygens (including phenoxy) is 4. The summed E-state index contributed by atoms with van der Waals surface area (Å²) in [5.74, 6) is 2.34. The van der Waals surface area contributed by atoms with E-state index in [9.17, 15) is 0 Å². The van der Waals surface area contributed by atoms with Gasteiger partial charge in [0.05, 0.1) is 12.3 Å². The molecule has 2 heterocycles. The van der Waals surface area contributed by atoms with Gasteiger partial charge in [-0.05, 0) is 30.7 Å². The highest BCUT2D eigenvalue weighted by Gasteiger charge is 2.13. The van der Waals surface area contributed by atoms with Crippen LogP contribution in [0.5, 0.6) is 23.3 Å². The summed E-state index contributed by atoms with van der Waals surface area (Å²) >= 11 is 0. The van der Waals surface area contributed by atoms with Gasteiger partial charge in [-0.15, -0.1) is 0 Å². The Balaban J connectivity index is 1.68. The van der Waals surface area contributed by atoms with Crippen LogP contribution in [0, 0.1) is 0 Å². The van der Waals surface area contributed by atoms with E-state index in [1.54, 1.807) is 12.1 Å². The molecular formula is C15H16N2O4. The highest BCUT2D eigenvalue weighted by molar-refractivity contribution is 5.49. The van der Waals surface area contributed by atoms with Crippen LogP contribution in [0.25, 0.3) is 0 Å². The molecule has 3 rings (SSSR count). The maximum absolute atomic E-state index is 5.77. The number of nitrogen functional groups attached to an aromatic ring is 1. The second-order valence-electron chi connectivity index (χ2n) is 4.45. The molecule has 2 aromatic rings. The third-order valence-electron chi connectivity index (χ3n) is 2.97. The Bertz CT molecular complexity index is 646. The van der Waals surface area contributed by atoms with Gasteiger partial charge in [0.2, 0.25) is 18.6 Å². The van der Waals surface area contributed by atoms with E-state index in [0.29, 0.717) is 30.7 Å². The maximum Gasteiger partial charge on any atom is 0.240 e. The summed E-state index contributed by atoms with van der Waals surface area (Å²) in [6.45, 7) is 3.01. The first-order valence-electron chi connectivity index (χ1n) is 6.67. The number of anilines is 1. The molecule has 1 aromatic heterocycles. The van der Waals surface area contributed by atoms with Gasteiger partial charge >= 0.3 is 0 Å². The molecule has 0 saturated carbocycles. The maximum atomic E-state index is 5.77. The minimum atomic E-state index is 0.261. The molecule has 0 bridgehead atoms. The zero-order valence-electron chi connectivity index (χ0n) is 11.7. The lowest BCUT2D eigenvalue weighted by atomic mass is 10.2. The molecule has 0 atom stereocenters. The summed E-state index contributed by atoms with van der Waals surface area (Å²) in [7, 11) is 0. The minimum absolute atomic E-state index is 0.261. The largest absolute Gasteiger partial charge is 0.476 e. The second-order valence-corrected chi connectivity index (χ2v) is 4.45. The van der Waals surface area contributed by atoms with Gasteiger partial charge < -0.3 is 24.7 Å². The lowest BCUT2D eigenvalue weighted by Gasteiger charge is -2.09. The summed E-state index contributed by atoms with van der Waals surface area (Å²) in [5, 5.41) is 0. The molecule has 21 heavy (non-hydrogen) atoms. The van der Waals surface area contributed by atoms with Crippen LogP contribution in [0.2, 0.25) is 0 Å². The average Bonchev–Trinajstić information content (AvgIpc) is 2.96. The van der Waals surface area contributed by atoms with Crippen LogP contribution >= 0.6 is 0 Å². The van der Waals surface area contributed by atoms with E-state index in [1.807, 2.05) is 25.1 Å². The van der Waals surface area contributed by atoms with Crippen LogP contribution in [-0.4, -0.2) is 18.4 Å². The Morgan fingerprint density at radius 3 is 2.86 bits per heavy atom. The molecule has 6 heteroatoms. The molecule has 1 aliphatic heterocycles. The van der Waals surface area contributed by atoms with Crippen molar-refractivity contribution in [3.8, 4) is 23.3 Å². The Kier molecular flexibility index (Phi) is 3.68. The fourth-order valence-corrected chi connectivity index (χ4v) is 1.95. The number of rotatable bonds is 5. The Morgan fingerprint density at radius 1 is 1.14 bits per heavy atom. The van der Waals surface area contributed by atoms with Crippen LogP contribution in [0.3, 0.4) is 0 Å². The Labute approximate surface area is 122 Å². The zero-order chi connectivity index (χ0) is 14.7. The van der Waals surface area contributed by atoms with Crippen LogP contribution < -0.4 is 24.7 Å². The van der Waals surface area contributed by atoms with Gasteiger partial charge in [0.15, 0.2) is 11.5 Å². The van der Waals surface area contributed by atoms with Gasteiger partial charge in [0.25, 0.3) is 0 Å². The summed E-state index contributed by atoms with van der Waals surface area (Å²) < 4.78 is 21.6. The molecular weight excluding hydrogens is 272 g/mol. The second kappa shape index (κ2) is 5.78. The zero-order valence-corrected chi connectivity index (χ0v) is 11.7. The van der Waals surface area contributed by atoms with Crippen molar-refractivity contribution in [1.29, 1.82) is 0 Å². The van der Waals surface area contributed by atoms with Gasteiger partial charge in [-0.3, -0.25) is 0 Å². The predicted molar refractivity (Wildman–Crippen MR) is 76.7 cm³/mol. The van der Waals surface area contributed by atoms with Crippen LogP contribution in [0.4, 0.5) is 5.69 Å². The monoisotopic (exact) mass is 288 g/mol. The van der Waals surface area contributed by atoms with E-state index >= 15 is 0 Å². The summed E-state index contributed by atoms with van der Waals surface area (Å²) in [5.41, 5.74) is 7.23. The van der Waals surface area contributed by atoms with Gasteiger partial charge in [-0.2, -0.15) is 4.98 Å². The van der Waals surface area contributed by atoms with E-state index < -0.39 is 0 Å². The smallest absolute Gasteiger partial charge is 0.240 e. The fourth-order valence-electron chi connectivity index (χ4n) is 1.95. The summed E-state index contributed by atoms with van der Waals surface area (Å²) in [6, 6.07) is 9.11. The normalized spacial score (nSPS) is 12.2. The SMILES string of the molecule is CCOc1nc(OCc2ccc3c(c2)OCO3)ccc1N. The molecule has 2 N–H and O–H groups in total. The van der Waals surface area contributed by atoms with Gasteiger partial charge in [0, 0.05) is 6.07 Å². The predicted octanol–water partition coefficient (Wildman–Crippen LogP) is 2.37. The Hall–Kier alpha value is -2.63. The standard InChI is InChI=1S/C15H16N2O4/c1-2-18-15-11(16)4-6-14(17-15)19-8-10-3-5-12-13(7-10)21-9-20-12/h3-7H,2,8-9,16H2,1H3. The highest BCUT2D eigenvalue weighted by atomic mass is 16.7. The summed E-state index contributed by atoms with van der Waals surface area (Å²) in [4.78, 5) is 4.22. The van der Waals surface area contributed by atoms with Gasteiger partial charge in [0.1, 0.15) is 6.61 Å². The first kappa shape index (κ1) is 13.4. The van der Waals surface area contributed by atoms with Gasteiger partial charge in [-0.1, -0.05) is 6.07 Å².